The third kappa shape index (κ3) is 3.03. The van der Waals surface area contributed by atoms with Crippen LogP contribution in [-0.2, 0) is 11.8 Å². The lowest BCUT2D eigenvalue weighted by molar-refractivity contribution is -0.384. The Kier molecular flexibility index (Phi) is 3.81. The molecule has 0 aliphatic heterocycles. The fourth-order valence-corrected chi connectivity index (χ4v) is 1.36. The minimum absolute atomic E-state index is 0.0276. The highest BCUT2D eigenvalue weighted by molar-refractivity contribution is 5.74. The summed E-state index contributed by atoms with van der Waals surface area (Å²) in [4.78, 5) is 22.1. The van der Waals surface area contributed by atoms with Gasteiger partial charge in [-0.2, -0.15) is 0 Å². The number of hydrogen-bond acceptors (Lipinski definition) is 5. The van der Waals surface area contributed by atoms with E-state index in [1.54, 1.807) is 0 Å². The van der Waals surface area contributed by atoms with Gasteiger partial charge in [-0.3, -0.25) is 19.6 Å². The Balaban J connectivity index is 3.11. The maximum atomic E-state index is 10.8. The Morgan fingerprint density at radius 1 is 1.82 bits per heavy atom. The number of aliphatic carboxylic acids is 1. The van der Waals surface area contributed by atoms with Gasteiger partial charge in [-0.25, -0.2) is 0 Å². The van der Waals surface area contributed by atoms with Gasteiger partial charge in [0.05, 0.1) is 4.92 Å². The lowest BCUT2D eigenvalue weighted by Gasteiger charge is -2.16. The first kappa shape index (κ1) is 12.7. The van der Waals surface area contributed by atoms with Crippen LogP contribution in [0.1, 0.15) is 0 Å². The average molecular weight is 240 g/mol. The summed E-state index contributed by atoms with van der Waals surface area (Å²) in [5.74, 6) is -1.06. The number of nitrogens with zero attached hydrogens (tertiary/aromatic N) is 4. The summed E-state index contributed by atoms with van der Waals surface area (Å²) in [5, 5.41) is 23.4. The molecule has 0 fully saturated rings. The van der Waals surface area contributed by atoms with E-state index in [2.05, 4.69) is 11.7 Å². The van der Waals surface area contributed by atoms with Gasteiger partial charge in [0, 0.05) is 13.6 Å². The van der Waals surface area contributed by atoms with Gasteiger partial charge in [0.15, 0.2) is 0 Å². The summed E-state index contributed by atoms with van der Waals surface area (Å²) >= 11 is 0. The third-order valence-electron chi connectivity index (χ3n) is 1.96. The zero-order valence-electron chi connectivity index (χ0n) is 9.24. The Labute approximate surface area is 96.9 Å². The molecule has 1 rings (SSSR count). The number of carboxylic acids is 1. The van der Waals surface area contributed by atoms with Crippen molar-refractivity contribution in [2.45, 2.75) is 0 Å². The van der Waals surface area contributed by atoms with E-state index in [-0.39, 0.29) is 24.6 Å². The van der Waals surface area contributed by atoms with E-state index in [0.29, 0.717) is 0 Å². The zero-order valence-corrected chi connectivity index (χ0v) is 9.24. The summed E-state index contributed by atoms with van der Waals surface area (Å²) in [7, 11) is 1.53. The first-order chi connectivity index (χ1) is 7.95. The van der Waals surface area contributed by atoms with Crippen LogP contribution >= 0.6 is 0 Å². The summed E-state index contributed by atoms with van der Waals surface area (Å²) in [5.41, 5.74) is -0.226. The van der Waals surface area contributed by atoms with Crippen molar-refractivity contribution in [3.05, 3.63) is 29.0 Å². The lowest BCUT2D eigenvalue weighted by atomic mass is 10.4. The number of carboxylic acid groups (broad SMARTS) is 1. The van der Waals surface area contributed by atoms with Crippen LogP contribution in [0.2, 0.25) is 0 Å². The predicted molar refractivity (Wildman–Crippen MR) is 59.9 cm³/mol. The van der Waals surface area contributed by atoms with Gasteiger partial charge in [-0.05, 0) is 0 Å². The molecule has 17 heavy (non-hydrogen) atoms. The van der Waals surface area contributed by atoms with Crippen molar-refractivity contribution in [1.82, 2.24) is 9.78 Å². The molecule has 1 heterocycles. The Morgan fingerprint density at radius 2 is 2.47 bits per heavy atom. The Morgan fingerprint density at radius 3 is 2.94 bits per heavy atom. The minimum atomic E-state index is -1.09. The molecule has 0 unspecified atom stereocenters. The average Bonchev–Trinajstić information content (AvgIpc) is 2.59. The van der Waals surface area contributed by atoms with Gasteiger partial charge in [-0.1, -0.05) is 6.08 Å². The SMILES string of the molecule is C=CCN(CC(=O)O)c1nn(C)cc1[N+](=O)[O-]. The molecule has 0 bridgehead atoms. The molecule has 1 aromatic rings. The Bertz CT molecular complexity index is 454. The van der Waals surface area contributed by atoms with Gasteiger partial charge in [-0.15, -0.1) is 11.7 Å². The number of anilines is 1. The normalized spacial score (nSPS) is 9.94. The predicted octanol–water partition coefficient (Wildman–Crippen LogP) is 0.405. The molecular formula is C9H12N4O4. The molecule has 1 N–H and O–H groups in total. The molecular weight excluding hydrogens is 228 g/mol. The highest BCUT2D eigenvalue weighted by Gasteiger charge is 2.24. The molecule has 0 aliphatic carbocycles. The second-order valence-electron chi connectivity index (χ2n) is 3.33. The maximum absolute atomic E-state index is 10.8. The minimum Gasteiger partial charge on any atom is -0.480 e. The monoisotopic (exact) mass is 240 g/mol. The van der Waals surface area contributed by atoms with E-state index < -0.39 is 10.9 Å². The topological polar surface area (TPSA) is 102 Å². The van der Waals surface area contributed by atoms with Crippen LogP contribution in [0.3, 0.4) is 0 Å². The molecule has 0 aliphatic rings. The van der Waals surface area contributed by atoms with E-state index in [1.165, 1.54) is 28.9 Å². The van der Waals surface area contributed by atoms with Crippen LogP contribution in [0.15, 0.2) is 18.9 Å². The fourth-order valence-electron chi connectivity index (χ4n) is 1.36. The van der Waals surface area contributed by atoms with Crippen molar-refractivity contribution < 1.29 is 14.8 Å². The van der Waals surface area contributed by atoms with Gasteiger partial charge in [0.1, 0.15) is 12.7 Å². The highest BCUT2D eigenvalue weighted by atomic mass is 16.6. The number of rotatable bonds is 6. The third-order valence-corrected chi connectivity index (χ3v) is 1.96. The Hall–Kier alpha value is -2.38. The van der Waals surface area contributed by atoms with E-state index in [0.717, 1.165) is 0 Å². The summed E-state index contributed by atoms with van der Waals surface area (Å²) in [6.07, 6.45) is 2.69. The van der Waals surface area contributed by atoms with Crippen molar-refractivity contribution in [3.8, 4) is 0 Å². The van der Waals surface area contributed by atoms with Crippen molar-refractivity contribution in [3.63, 3.8) is 0 Å². The molecule has 1 aromatic heterocycles. The zero-order chi connectivity index (χ0) is 13.0. The van der Waals surface area contributed by atoms with E-state index in [9.17, 15) is 14.9 Å². The van der Waals surface area contributed by atoms with Crippen molar-refractivity contribution in [2.75, 3.05) is 18.0 Å². The molecule has 0 spiro atoms. The van der Waals surface area contributed by atoms with Gasteiger partial charge >= 0.3 is 11.7 Å². The van der Waals surface area contributed by atoms with Gasteiger partial charge < -0.3 is 10.0 Å². The molecule has 92 valence electrons. The number of hydrogen-bond donors (Lipinski definition) is 1. The van der Waals surface area contributed by atoms with Crippen LogP contribution in [-0.4, -0.2) is 38.9 Å². The number of aromatic nitrogens is 2. The second kappa shape index (κ2) is 5.10. The molecule has 0 saturated heterocycles. The van der Waals surface area contributed by atoms with Crippen LogP contribution in [0.25, 0.3) is 0 Å². The first-order valence-corrected chi connectivity index (χ1v) is 4.71. The quantitative estimate of drug-likeness (QED) is 0.439. The van der Waals surface area contributed by atoms with Crippen molar-refractivity contribution in [2.24, 2.45) is 7.05 Å². The van der Waals surface area contributed by atoms with Crippen molar-refractivity contribution >= 4 is 17.5 Å². The molecule has 8 heteroatoms. The van der Waals surface area contributed by atoms with Crippen molar-refractivity contribution in [1.29, 1.82) is 0 Å². The summed E-state index contributed by atoms with van der Waals surface area (Å²) in [6.45, 7) is 3.28. The van der Waals surface area contributed by atoms with Crippen LogP contribution < -0.4 is 4.90 Å². The standard InChI is InChI=1S/C9H12N4O4/c1-3-4-12(6-8(14)15)9-7(13(16)17)5-11(2)10-9/h3,5H,1,4,6H2,2H3,(H,14,15). The first-order valence-electron chi connectivity index (χ1n) is 4.71. The van der Waals surface area contributed by atoms with Gasteiger partial charge in [0.2, 0.25) is 5.82 Å². The molecule has 0 atom stereocenters. The maximum Gasteiger partial charge on any atom is 0.330 e. The van der Waals surface area contributed by atoms with Crippen LogP contribution in [0.5, 0.6) is 0 Å². The van der Waals surface area contributed by atoms with E-state index in [1.807, 2.05) is 0 Å². The van der Waals surface area contributed by atoms with Crippen LogP contribution in [0.4, 0.5) is 11.5 Å². The van der Waals surface area contributed by atoms with E-state index >= 15 is 0 Å². The molecule has 0 amide bonds. The van der Waals surface area contributed by atoms with E-state index in [4.69, 9.17) is 5.11 Å². The molecule has 0 radical (unpaired) electrons. The number of nitro groups is 1. The number of carbonyl (C=O) groups is 1. The number of aryl methyl sites for hydroxylation is 1. The molecule has 8 nitrogen and oxygen atoms in total. The fraction of sp³-hybridized carbons (Fsp3) is 0.333. The molecule has 0 aromatic carbocycles. The summed E-state index contributed by atoms with van der Waals surface area (Å²) in [6, 6.07) is 0. The second-order valence-corrected chi connectivity index (χ2v) is 3.33. The molecule has 0 saturated carbocycles. The lowest BCUT2D eigenvalue weighted by Crippen LogP contribution is -2.30. The smallest absolute Gasteiger partial charge is 0.330 e. The highest BCUT2D eigenvalue weighted by Crippen LogP contribution is 2.25. The summed E-state index contributed by atoms with van der Waals surface area (Å²) < 4.78 is 1.27. The van der Waals surface area contributed by atoms with Crippen LogP contribution in [0, 0.1) is 10.1 Å². The van der Waals surface area contributed by atoms with Gasteiger partial charge in [0.25, 0.3) is 0 Å². The largest absolute Gasteiger partial charge is 0.480 e.